The second-order valence-corrected chi connectivity index (χ2v) is 8.71. The Hall–Kier alpha value is -1.84. The molecule has 1 saturated carbocycles. The first kappa shape index (κ1) is 22.8. The van der Waals surface area contributed by atoms with Crippen LogP contribution in [0.25, 0.3) is 0 Å². The van der Waals surface area contributed by atoms with Gasteiger partial charge in [0.1, 0.15) is 17.4 Å². The van der Waals surface area contributed by atoms with Crippen molar-refractivity contribution in [1.29, 1.82) is 0 Å². The molecule has 1 aliphatic heterocycles. The minimum Gasteiger partial charge on any atom is -0.496 e. The number of para-hydroxylation sites is 1. The van der Waals surface area contributed by atoms with Gasteiger partial charge in [-0.2, -0.15) is 0 Å². The Balaban J connectivity index is 0.00000256. The van der Waals surface area contributed by atoms with E-state index in [1.165, 1.54) is 5.56 Å². The van der Waals surface area contributed by atoms with Crippen molar-refractivity contribution >= 4 is 29.9 Å². The summed E-state index contributed by atoms with van der Waals surface area (Å²) in [4.78, 5) is 4.49. The average Bonchev–Trinajstić information content (AvgIpc) is 3.19. The van der Waals surface area contributed by atoms with E-state index >= 15 is 0 Å². The van der Waals surface area contributed by atoms with Crippen LogP contribution in [0, 0.1) is 0 Å². The highest BCUT2D eigenvalue weighted by Gasteiger charge is 2.53. The van der Waals surface area contributed by atoms with Crippen LogP contribution in [0.15, 0.2) is 29.3 Å². The minimum absolute atomic E-state index is 0. The topological polar surface area (TPSA) is 76.4 Å². The number of rotatable bonds is 5. The van der Waals surface area contributed by atoms with E-state index in [2.05, 4.69) is 63.3 Å². The van der Waals surface area contributed by atoms with Crippen LogP contribution >= 0.6 is 24.0 Å². The first-order valence-electron chi connectivity index (χ1n) is 10.5. The van der Waals surface area contributed by atoms with E-state index in [1.54, 1.807) is 7.11 Å². The molecule has 2 N–H and O–H groups in total. The maximum Gasteiger partial charge on any atom is 0.191 e. The number of benzene rings is 1. The van der Waals surface area contributed by atoms with Gasteiger partial charge in [0.05, 0.1) is 7.11 Å². The molecule has 164 valence electrons. The van der Waals surface area contributed by atoms with Gasteiger partial charge in [0.25, 0.3) is 0 Å². The maximum atomic E-state index is 5.58. The summed E-state index contributed by atoms with van der Waals surface area (Å²) in [6.45, 7) is 7.50. The van der Waals surface area contributed by atoms with E-state index in [0.29, 0.717) is 18.0 Å². The van der Waals surface area contributed by atoms with Crippen LogP contribution in [-0.2, 0) is 18.4 Å². The van der Waals surface area contributed by atoms with Crippen molar-refractivity contribution < 1.29 is 4.74 Å². The van der Waals surface area contributed by atoms with Crippen LogP contribution in [0.5, 0.6) is 5.75 Å². The predicted molar refractivity (Wildman–Crippen MR) is 130 cm³/mol. The van der Waals surface area contributed by atoms with Crippen LogP contribution in [0.2, 0.25) is 0 Å². The zero-order chi connectivity index (χ0) is 20.6. The van der Waals surface area contributed by atoms with Crippen molar-refractivity contribution in [1.82, 2.24) is 25.4 Å². The molecule has 1 aromatic carbocycles. The summed E-state index contributed by atoms with van der Waals surface area (Å²) >= 11 is 0. The number of ether oxygens (including phenoxy) is 1. The largest absolute Gasteiger partial charge is 0.496 e. The van der Waals surface area contributed by atoms with Gasteiger partial charge in [-0.1, -0.05) is 39.0 Å². The van der Waals surface area contributed by atoms with Crippen molar-refractivity contribution in [2.45, 2.75) is 70.0 Å². The zero-order valence-electron chi connectivity index (χ0n) is 18.5. The van der Waals surface area contributed by atoms with E-state index < -0.39 is 0 Å². The lowest BCUT2D eigenvalue weighted by Gasteiger charge is -2.27. The molecule has 0 bridgehead atoms. The molecule has 8 heteroatoms. The summed E-state index contributed by atoms with van der Waals surface area (Å²) in [5.74, 6) is 4.36. The molecule has 1 aromatic heterocycles. The van der Waals surface area contributed by atoms with E-state index in [4.69, 9.17) is 4.74 Å². The van der Waals surface area contributed by atoms with Gasteiger partial charge in [-0.3, -0.25) is 4.99 Å². The lowest BCUT2D eigenvalue weighted by Crippen LogP contribution is -2.48. The third-order valence-corrected chi connectivity index (χ3v) is 6.33. The second-order valence-electron chi connectivity index (χ2n) is 8.71. The average molecular weight is 524 g/mol. The molecule has 1 fully saturated rings. The highest BCUT2D eigenvalue weighted by atomic mass is 127. The number of nitrogens with zero attached hydrogens (tertiary/aromatic N) is 4. The van der Waals surface area contributed by atoms with E-state index in [1.807, 2.05) is 19.2 Å². The summed E-state index contributed by atoms with van der Waals surface area (Å²) in [6, 6.07) is 8.96. The number of aromatic nitrogens is 3. The Morgan fingerprint density at radius 3 is 2.73 bits per heavy atom. The number of methoxy groups -OCH3 is 1. The number of halogens is 1. The van der Waals surface area contributed by atoms with Crippen molar-refractivity contribution in [2.75, 3.05) is 14.2 Å². The molecule has 0 spiro atoms. The summed E-state index contributed by atoms with van der Waals surface area (Å²) in [6.07, 6.45) is 3.04. The fourth-order valence-electron chi connectivity index (χ4n) is 4.41. The number of fused-ring (bicyclic) bond motifs is 1. The minimum atomic E-state index is 0. The predicted octanol–water partition coefficient (Wildman–Crippen LogP) is 3.24. The SMILES string of the molecule is CN=C(NC1CCc2nnc(C(C)C)n2C1)NC1CC1(C)c1ccccc1OC.I. The molecular weight excluding hydrogens is 491 g/mol. The van der Waals surface area contributed by atoms with Crippen LogP contribution in [0.3, 0.4) is 0 Å². The summed E-state index contributed by atoms with van der Waals surface area (Å²) in [5.41, 5.74) is 1.31. The van der Waals surface area contributed by atoms with Gasteiger partial charge in [-0.15, -0.1) is 34.2 Å². The number of aryl methyl sites for hydroxylation is 1. The quantitative estimate of drug-likeness (QED) is 0.357. The molecule has 0 radical (unpaired) electrons. The Bertz CT molecular complexity index is 911. The lowest BCUT2D eigenvalue weighted by atomic mass is 9.96. The molecule has 4 rings (SSSR count). The molecule has 1 aliphatic carbocycles. The van der Waals surface area contributed by atoms with Gasteiger partial charge in [-0.25, -0.2) is 0 Å². The lowest BCUT2D eigenvalue weighted by molar-refractivity contribution is 0.402. The van der Waals surface area contributed by atoms with Crippen LogP contribution in [0.1, 0.15) is 56.7 Å². The van der Waals surface area contributed by atoms with E-state index in [0.717, 1.165) is 49.2 Å². The fourth-order valence-corrected chi connectivity index (χ4v) is 4.41. The molecular formula is C22H33IN6O. The first-order valence-corrected chi connectivity index (χ1v) is 10.5. The Morgan fingerprint density at radius 2 is 2.03 bits per heavy atom. The summed E-state index contributed by atoms with van der Waals surface area (Å²) < 4.78 is 7.85. The van der Waals surface area contributed by atoms with Gasteiger partial charge in [-0.05, 0) is 18.9 Å². The Labute approximate surface area is 196 Å². The van der Waals surface area contributed by atoms with Gasteiger partial charge in [0.15, 0.2) is 5.96 Å². The van der Waals surface area contributed by atoms with E-state index in [-0.39, 0.29) is 29.4 Å². The number of guanidine groups is 1. The smallest absolute Gasteiger partial charge is 0.191 e. The fraction of sp³-hybridized carbons (Fsp3) is 0.591. The molecule has 3 atom stereocenters. The molecule has 3 unspecified atom stereocenters. The molecule has 2 aliphatic rings. The summed E-state index contributed by atoms with van der Waals surface area (Å²) in [5, 5.41) is 16.0. The highest BCUT2D eigenvalue weighted by Crippen LogP contribution is 2.50. The number of hydrogen-bond donors (Lipinski definition) is 2. The van der Waals surface area contributed by atoms with Gasteiger partial charge in [0.2, 0.25) is 0 Å². The van der Waals surface area contributed by atoms with Crippen molar-refractivity contribution in [3.8, 4) is 5.75 Å². The summed E-state index contributed by atoms with van der Waals surface area (Å²) in [7, 11) is 3.58. The van der Waals surface area contributed by atoms with Gasteiger partial charge < -0.3 is 19.9 Å². The number of hydrogen-bond acceptors (Lipinski definition) is 4. The maximum absolute atomic E-state index is 5.58. The van der Waals surface area contributed by atoms with Crippen molar-refractivity contribution in [3.63, 3.8) is 0 Å². The monoisotopic (exact) mass is 524 g/mol. The number of aliphatic imine (C=N–C) groups is 1. The van der Waals surface area contributed by atoms with E-state index in [9.17, 15) is 0 Å². The Morgan fingerprint density at radius 1 is 1.27 bits per heavy atom. The highest BCUT2D eigenvalue weighted by molar-refractivity contribution is 14.0. The third kappa shape index (κ3) is 4.29. The van der Waals surface area contributed by atoms with Crippen molar-refractivity contribution in [3.05, 3.63) is 41.5 Å². The molecule has 7 nitrogen and oxygen atoms in total. The Kier molecular flexibility index (Phi) is 6.94. The first-order chi connectivity index (χ1) is 14.0. The van der Waals surface area contributed by atoms with Crippen LogP contribution in [-0.4, -0.2) is 47.0 Å². The molecule has 0 amide bonds. The molecule has 30 heavy (non-hydrogen) atoms. The number of nitrogens with one attached hydrogen (secondary N) is 2. The molecule has 2 heterocycles. The second kappa shape index (κ2) is 9.11. The molecule has 2 aromatic rings. The van der Waals surface area contributed by atoms with Crippen molar-refractivity contribution in [2.24, 2.45) is 4.99 Å². The third-order valence-electron chi connectivity index (χ3n) is 6.33. The molecule has 0 saturated heterocycles. The van der Waals surface area contributed by atoms with Gasteiger partial charge >= 0.3 is 0 Å². The van der Waals surface area contributed by atoms with Crippen LogP contribution < -0.4 is 15.4 Å². The normalized spacial score (nSPS) is 25.3. The van der Waals surface area contributed by atoms with Gasteiger partial charge in [0, 0.05) is 49.0 Å². The zero-order valence-corrected chi connectivity index (χ0v) is 20.8. The van der Waals surface area contributed by atoms with Crippen LogP contribution in [0.4, 0.5) is 0 Å². The standard InChI is InChI=1S/C22H32N6O.HI/c1-14(2)20-27-26-19-11-10-15(13-28(19)20)24-21(23-4)25-18-12-22(18,3)16-8-6-7-9-17(16)29-5;/h6-9,14-15,18H,10-13H2,1-5H3,(H2,23,24,25);1H.